The summed E-state index contributed by atoms with van der Waals surface area (Å²) in [6.07, 6.45) is 1.70. The Balaban J connectivity index is 1.78. The van der Waals surface area contributed by atoms with Gasteiger partial charge in [-0.15, -0.1) is 0 Å². The molecule has 1 saturated heterocycles. The number of hydrogen-bond donors (Lipinski definition) is 1. The Hall–Kier alpha value is -2.56. The van der Waals surface area contributed by atoms with Gasteiger partial charge in [0.1, 0.15) is 23.2 Å². The van der Waals surface area contributed by atoms with Crippen molar-refractivity contribution in [2.24, 2.45) is 0 Å². The van der Waals surface area contributed by atoms with Gasteiger partial charge in [-0.2, -0.15) is 0 Å². The molecule has 0 unspecified atom stereocenters. The first-order chi connectivity index (χ1) is 15.6. The lowest BCUT2D eigenvalue weighted by Crippen LogP contribution is -2.49. The fourth-order valence-corrected chi connectivity index (χ4v) is 4.35. The molecule has 1 amide bonds. The summed E-state index contributed by atoms with van der Waals surface area (Å²) in [6, 6.07) is 8.48. The number of aromatic nitrogens is 1. The van der Waals surface area contributed by atoms with Gasteiger partial charge < -0.3 is 9.47 Å². The summed E-state index contributed by atoms with van der Waals surface area (Å²) in [5.74, 6) is -0.597. The Kier molecular flexibility index (Phi) is 7.08. The highest BCUT2D eigenvalue weighted by molar-refractivity contribution is 7.88. The zero-order chi connectivity index (χ0) is 25.5. The summed E-state index contributed by atoms with van der Waals surface area (Å²) < 4.78 is 50.9. The van der Waals surface area contributed by atoms with E-state index in [1.807, 2.05) is 65.8 Å². The summed E-state index contributed by atoms with van der Waals surface area (Å²) in [5, 5.41) is 0. The molecular weight excluding hydrogens is 461 g/mol. The SMILES string of the molecule is C[C@@H]1[C@@H](c2ccc(-c3cnc(CNS(C)(=O)=O)c(F)c3)cc2)OC(C)(C)N1C(=O)OC(C)(C)C. The smallest absolute Gasteiger partial charge is 0.412 e. The Morgan fingerprint density at radius 3 is 2.38 bits per heavy atom. The maximum absolute atomic E-state index is 14.4. The van der Waals surface area contributed by atoms with Crippen LogP contribution in [0, 0.1) is 5.82 Å². The molecule has 2 heterocycles. The third-order valence-electron chi connectivity index (χ3n) is 5.42. The third kappa shape index (κ3) is 6.11. The van der Waals surface area contributed by atoms with E-state index in [0.29, 0.717) is 5.56 Å². The van der Waals surface area contributed by atoms with Gasteiger partial charge in [-0.25, -0.2) is 22.3 Å². The second kappa shape index (κ2) is 9.24. The first-order valence-corrected chi connectivity index (χ1v) is 12.9. The van der Waals surface area contributed by atoms with Crippen molar-refractivity contribution in [1.82, 2.24) is 14.6 Å². The molecule has 1 aliphatic heterocycles. The molecule has 10 heteroatoms. The lowest BCUT2D eigenvalue weighted by molar-refractivity contribution is -0.0795. The Morgan fingerprint density at radius 2 is 1.85 bits per heavy atom. The van der Waals surface area contributed by atoms with Gasteiger partial charge in [0, 0.05) is 11.8 Å². The van der Waals surface area contributed by atoms with E-state index in [-0.39, 0.29) is 24.4 Å². The molecule has 1 aromatic heterocycles. The van der Waals surface area contributed by atoms with Crippen molar-refractivity contribution in [3.8, 4) is 11.1 Å². The summed E-state index contributed by atoms with van der Waals surface area (Å²) in [6.45, 7) is 10.8. The number of pyridine rings is 1. The van der Waals surface area contributed by atoms with Crippen molar-refractivity contribution < 1.29 is 27.1 Å². The number of amides is 1. The van der Waals surface area contributed by atoms with E-state index in [4.69, 9.17) is 9.47 Å². The zero-order valence-electron chi connectivity index (χ0n) is 20.5. The van der Waals surface area contributed by atoms with Crippen molar-refractivity contribution in [2.45, 2.75) is 71.6 Å². The number of carbonyl (C=O) groups excluding carboxylic acids is 1. The van der Waals surface area contributed by atoms with E-state index in [9.17, 15) is 17.6 Å². The monoisotopic (exact) mass is 493 g/mol. The van der Waals surface area contributed by atoms with E-state index in [0.717, 1.165) is 17.4 Å². The number of ether oxygens (including phenoxy) is 2. The van der Waals surface area contributed by atoms with Crippen LogP contribution in [0.25, 0.3) is 11.1 Å². The first-order valence-electron chi connectivity index (χ1n) is 11.0. The van der Waals surface area contributed by atoms with Gasteiger partial charge in [-0.1, -0.05) is 24.3 Å². The first kappa shape index (κ1) is 26.1. The summed E-state index contributed by atoms with van der Waals surface area (Å²) in [7, 11) is -3.45. The molecule has 1 N–H and O–H groups in total. The van der Waals surface area contributed by atoms with Gasteiger partial charge in [-0.05, 0) is 58.7 Å². The highest BCUT2D eigenvalue weighted by Gasteiger charge is 2.49. The lowest BCUT2D eigenvalue weighted by atomic mass is 9.99. The predicted octanol–water partition coefficient (Wildman–Crippen LogP) is 4.37. The molecule has 2 atom stereocenters. The molecule has 0 spiro atoms. The van der Waals surface area contributed by atoms with Crippen LogP contribution >= 0.6 is 0 Å². The van der Waals surface area contributed by atoms with Crippen LogP contribution in [0.3, 0.4) is 0 Å². The van der Waals surface area contributed by atoms with Crippen LogP contribution < -0.4 is 4.72 Å². The minimum Gasteiger partial charge on any atom is -0.444 e. The highest BCUT2D eigenvalue weighted by Crippen LogP contribution is 2.41. The number of rotatable bonds is 5. The van der Waals surface area contributed by atoms with Gasteiger partial charge in [0.05, 0.1) is 24.5 Å². The second-order valence-electron chi connectivity index (χ2n) is 9.94. The average Bonchev–Trinajstić information content (AvgIpc) is 2.94. The molecule has 8 nitrogen and oxygen atoms in total. The van der Waals surface area contributed by atoms with E-state index < -0.39 is 33.3 Å². The van der Waals surface area contributed by atoms with Gasteiger partial charge in [0.15, 0.2) is 0 Å². The molecule has 1 fully saturated rings. The fraction of sp³-hybridized carbons (Fsp3) is 0.500. The van der Waals surface area contributed by atoms with Gasteiger partial charge in [0.25, 0.3) is 0 Å². The molecule has 1 aromatic carbocycles. The number of sulfonamides is 1. The van der Waals surface area contributed by atoms with Crippen molar-refractivity contribution in [2.75, 3.05) is 6.26 Å². The van der Waals surface area contributed by atoms with Crippen molar-refractivity contribution >= 4 is 16.1 Å². The van der Waals surface area contributed by atoms with Crippen LogP contribution in [0.2, 0.25) is 0 Å². The molecule has 3 rings (SSSR count). The van der Waals surface area contributed by atoms with Crippen LogP contribution in [0.4, 0.5) is 9.18 Å². The Bertz CT molecular complexity index is 1160. The number of hydrogen-bond acceptors (Lipinski definition) is 6. The minimum absolute atomic E-state index is 0.0171. The van der Waals surface area contributed by atoms with Crippen molar-refractivity contribution in [3.05, 3.63) is 53.6 Å². The maximum Gasteiger partial charge on any atom is 0.412 e. The molecule has 0 saturated carbocycles. The Morgan fingerprint density at radius 1 is 1.24 bits per heavy atom. The Labute approximate surface area is 200 Å². The lowest BCUT2D eigenvalue weighted by Gasteiger charge is -2.34. The minimum atomic E-state index is -3.45. The third-order valence-corrected chi connectivity index (χ3v) is 6.09. The maximum atomic E-state index is 14.4. The van der Waals surface area contributed by atoms with E-state index in [2.05, 4.69) is 9.71 Å². The zero-order valence-corrected chi connectivity index (χ0v) is 21.4. The van der Waals surface area contributed by atoms with E-state index in [1.54, 1.807) is 4.90 Å². The molecule has 2 aromatic rings. The van der Waals surface area contributed by atoms with Gasteiger partial charge in [0.2, 0.25) is 10.0 Å². The molecule has 0 bridgehead atoms. The fourth-order valence-electron chi connectivity index (χ4n) is 3.95. The largest absolute Gasteiger partial charge is 0.444 e. The quantitative estimate of drug-likeness (QED) is 0.664. The molecule has 0 radical (unpaired) electrons. The predicted molar refractivity (Wildman–Crippen MR) is 127 cm³/mol. The second-order valence-corrected chi connectivity index (χ2v) is 11.8. The molecule has 186 valence electrons. The van der Waals surface area contributed by atoms with Crippen LogP contribution in [0.1, 0.15) is 58.9 Å². The van der Waals surface area contributed by atoms with Crippen LogP contribution in [-0.4, -0.2) is 48.0 Å². The van der Waals surface area contributed by atoms with E-state index in [1.165, 1.54) is 12.3 Å². The van der Waals surface area contributed by atoms with Crippen LogP contribution in [0.15, 0.2) is 36.5 Å². The van der Waals surface area contributed by atoms with Gasteiger partial charge in [-0.3, -0.25) is 9.88 Å². The summed E-state index contributed by atoms with van der Waals surface area (Å²) >= 11 is 0. The van der Waals surface area contributed by atoms with Crippen LogP contribution in [0.5, 0.6) is 0 Å². The van der Waals surface area contributed by atoms with Crippen molar-refractivity contribution in [1.29, 1.82) is 0 Å². The number of nitrogens with one attached hydrogen (secondary N) is 1. The van der Waals surface area contributed by atoms with Crippen molar-refractivity contribution in [3.63, 3.8) is 0 Å². The summed E-state index contributed by atoms with van der Waals surface area (Å²) in [5.41, 5.74) is 0.719. The average molecular weight is 494 g/mol. The molecule has 0 aliphatic carbocycles. The normalized spacial score (nSPS) is 20.4. The molecular formula is C24H32FN3O5S. The van der Waals surface area contributed by atoms with Crippen LogP contribution in [-0.2, 0) is 26.0 Å². The standard InChI is InChI=1S/C24H32FN3O5S/c1-15-21(32-24(5,6)28(15)22(29)33-23(2,3)4)17-10-8-16(9-11-17)18-12-19(25)20(26-13-18)14-27-34(7,30)31/h8-13,15,21,27H,14H2,1-7H3/t15-,21+/m1/s1. The topological polar surface area (TPSA) is 97.8 Å². The number of carbonyl (C=O) groups is 1. The number of benzene rings is 1. The summed E-state index contributed by atoms with van der Waals surface area (Å²) in [4.78, 5) is 18.5. The van der Waals surface area contributed by atoms with E-state index >= 15 is 0 Å². The molecule has 34 heavy (non-hydrogen) atoms. The molecule has 1 aliphatic rings. The number of halogens is 1. The highest BCUT2D eigenvalue weighted by atomic mass is 32.2. The van der Waals surface area contributed by atoms with Gasteiger partial charge >= 0.3 is 6.09 Å². The number of nitrogens with zero attached hydrogens (tertiary/aromatic N) is 2.